The first-order chi connectivity index (χ1) is 4.93. The lowest BCUT2D eigenvalue weighted by molar-refractivity contribution is -0.275. The Kier molecular flexibility index (Phi) is 5.71. The molecule has 3 N–H and O–H groups in total. The molecule has 1 aliphatic heterocycles. The number of quaternary nitrogens is 1. The Balaban J connectivity index is 0.000000371. The second-order valence-corrected chi connectivity index (χ2v) is 1.81. The van der Waals surface area contributed by atoms with Crippen LogP contribution in [-0.4, -0.2) is 30.9 Å². The summed E-state index contributed by atoms with van der Waals surface area (Å²) in [6.45, 7) is 6.57. The van der Waals surface area contributed by atoms with Crippen molar-refractivity contribution in [3.63, 3.8) is 0 Å². The summed E-state index contributed by atoms with van der Waals surface area (Å²) in [6, 6.07) is 0. The maximum absolute atomic E-state index is 8.00. The van der Waals surface area contributed by atoms with Gasteiger partial charge in [-0.3, -0.25) is 4.99 Å². The van der Waals surface area contributed by atoms with Gasteiger partial charge in [-0.05, 0) is 0 Å². The average Bonchev–Trinajstić information content (AvgIpc) is 2.46. The molecular formula is C6H13N3O. The van der Waals surface area contributed by atoms with Gasteiger partial charge in [0.15, 0.2) is 0 Å². The minimum absolute atomic E-state index is 0.934. The van der Waals surface area contributed by atoms with Crippen LogP contribution in [0.3, 0.4) is 0 Å². The molecule has 0 unspecified atom stereocenters. The standard InChI is InChI=1S/C6H10N2.H3NO/c1-2-4-8-5-3-7-6-8;1-2/h2,6H,1,3-5H2;1H3. The van der Waals surface area contributed by atoms with Gasteiger partial charge in [-0.15, -0.1) is 6.58 Å². The van der Waals surface area contributed by atoms with E-state index in [-0.39, 0.29) is 0 Å². The fourth-order valence-corrected chi connectivity index (χ4v) is 0.721. The second kappa shape index (κ2) is 6.25. The van der Waals surface area contributed by atoms with Crippen LogP contribution < -0.4 is 5.90 Å². The van der Waals surface area contributed by atoms with E-state index in [1.165, 1.54) is 0 Å². The first-order valence-electron chi connectivity index (χ1n) is 3.07. The smallest absolute Gasteiger partial charge is 0.0854 e. The van der Waals surface area contributed by atoms with E-state index in [0.717, 1.165) is 19.6 Å². The van der Waals surface area contributed by atoms with Gasteiger partial charge in [0.1, 0.15) is 0 Å². The number of aliphatic imine (C=N–C) groups is 1. The van der Waals surface area contributed by atoms with Crippen LogP contribution in [-0.2, 0) is 0 Å². The third-order valence-electron chi connectivity index (χ3n) is 1.12. The SMILES string of the molecule is C=CCN1C=NCC1.[NH3+][O-]. The number of rotatable bonds is 2. The van der Waals surface area contributed by atoms with Gasteiger partial charge in [-0.2, -0.15) is 0 Å². The van der Waals surface area contributed by atoms with Crippen LogP contribution in [0, 0.1) is 5.21 Å². The molecule has 0 amide bonds. The Labute approximate surface area is 60.6 Å². The molecule has 0 saturated carbocycles. The molecule has 1 rings (SSSR count). The highest BCUT2D eigenvalue weighted by Crippen LogP contribution is 1.90. The van der Waals surface area contributed by atoms with E-state index in [4.69, 9.17) is 5.21 Å². The fourth-order valence-electron chi connectivity index (χ4n) is 0.721. The zero-order valence-corrected chi connectivity index (χ0v) is 5.99. The maximum atomic E-state index is 8.00. The van der Waals surface area contributed by atoms with Crippen molar-refractivity contribution >= 4 is 6.34 Å². The van der Waals surface area contributed by atoms with Crippen molar-refractivity contribution in [3.8, 4) is 0 Å². The molecule has 58 valence electrons. The predicted octanol–water partition coefficient (Wildman–Crippen LogP) is -0.758. The Morgan fingerprint density at radius 2 is 2.50 bits per heavy atom. The quantitative estimate of drug-likeness (QED) is 0.408. The van der Waals surface area contributed by atoms with Crippen molar-refractivity contribution in [1.82, 2.24) is 4.90 Å². The largest absolute Gasteiger partial charge is 0.637 e. The molecule has 0 saturated heterocycles. The van der Waals surface area contributed by atoms with Crippen molar-refractivity contribution < 1.29 is 5.90 Å². The third kappa shape index (κ3) is 3.21. The lowest BCUT2D eigenvalue weighted by Crippen LogP contribution is -2.37. The van der Waals surface area contributed by atoms with E-state index in [1.807, 2.05) is 18.3 Å². The van der Waals surface area contributed by atoms with E-state index < -0.39 is 0 Å². The lowest BCUT2D eigenvalue weighted by Gasteiger charge is -2.08. The van der Waals surface area contributed by atoms with Crippen LogP contribution in [0.15, 0.2) is 17.6 Å². The molecule has 0 aromatic carbocycles. The van der Waals surface area contributed by atoms with Crippen LogP contribution in [0.2, 0.25) is 0 Å². The molecule has 1 aliphatic rings. The van der Waals surface area contributed by atoms with E-state index in [0.29, 0.717) is 0 Å². The molecule has 1 heterocycles. The molecule has 0 bridgehead atoms. The number of nitrogens with zero attached hydrogens (tertiary/aromatic N) is 2. The number of hydrogen-bond acceptors (Lipinski definition) is 3. The average molecular weight is 143 g/mol. The van der Waals surface area contributed by atoms with E-state index in [2.05, 4.69) is 16.5 Å². The summed E-state index contributed by atoms with van der Waals surface area (Å²) in [7, 11) is 0. The zero-order chi connectivity index (χ0) is 7.82. The fraction of sp³-hybridized carbons (Fsp3) is 0.500. The highest BCUT2D eigenvalue weighted by atomic mass is 16.4. The van der Waals surface area contributed by atoms with Gasteiger partial charge < -0.3 is 16.0 Å². The van der Waals surface area contributed by atoms with Gasteiger partial charge in [0, 0.05) is 13.1 Å². The summed E-state index contributed by atoms with van der Waals surface area (Å²) in [5.74, 6) is 2.00. The molecular weight excluding hydrogens is 130 g/mol. The van der Waals surface area contributed by atoms with Crippen LogP contribution in [0.4, 0.5) is 0 Å². The van der Waals surface area contributed by atoms with Gasteiger partial charge in [0.05, 0.1) is 12.9 Å². The molecule has 0 spiro atoms. The van der Waals surface area contributed by atoms with Gasteiger partial charge in [-0.1, -0.05) is 6.08 Å². The van der Waals surface area contributed by atoms with Crippen LogP contribution in [0.1, 0.15) is 0 Å². The second-order valence-electron chi connectivity index (χ2n) is 1.81. The molecule has 0 atom stereocenters. The molecule has 10 heavy (non-hydrogen) atoms. The Morgan fingerprint density at radius 1 is 1.80 bits per heavy atom. The van der Waals surface area contributed by atoms with Crippen molar-refractivity contribution in [2.24, 2.45) is 4.99 Å². The minimum Gasteiger partial charge on any atom is -0.637 e. The molecule has 0 radical (unpaired) electrons. The summed E-state index contributed by atoms with van der Waals surface area (Å²) < 4.78 is 0. The lowest BCUT2D eigenvalue weighted by atomic mass is 10.5. The summed E-state index contributed by atoms with van der Waals surface area (Å²) in [4.78, 5) is 6.17. The normalized spacial score (nSPS) is 14.4. The molecule has 0 aromatic heterocycles. The van der Waals surface area contributed by atoms with Gasteiger partial charge in [-0.25, -0.2) is 0 Å². The van der Waals surface area contributed by atoms with E-state index >= 15 is 0 Å². The van der Waals surface area contributed by atoms with Crippen molar-refractivity contribution in [3.05, 3.63) is 17.9 Å². The highest BCUT2D eigenvalue weighted by Gasteiger charge is 1.99. The predicted molar refractivity (Wildman–Crippen MR) is 41.4 cm³/mol. The van der Waals surface area contributed by atoms with E-state index in [9.17, 15) is 0 Å². The highest BCUT2D eigenvalue weighted by molar-refractivity contribution is 5.57. The minimum atomic E-state index is 0.934. The van der Waals surface area contributed by atoms with Crippen LogP contribution in [0.5, 0.6) is 0 Å². The molecule has 4 nitrogen and oxygen atoms in total. The summed E-state index contributed by atoms with van der Waals surface area (Å²) in [5, 5.41) is 8.00. The van der Waals surface area contributed by atoms with Gasteiger partial charge in [0.25, 0.3) is 0 Å². The molecule has 0 fully saturated rings. The topological polar surface area (TPSA) is 66.3 Å². The van der Waals surface area contributed by atoms with Crippen molar-refractivity contribution in [1.29, 1.82) is 0 Å². The Morgan fingerprint density at radius 3 is 2.90 bits per heavy atom. The third-order valence-corrected chi connectivity index (χ3v) is 1.12. The monoisotopic (exact) mass is 143 g/mol. The first-order valence-corrected chi connectivity index (χ1v) is 3.07. The summed E-state index contributed by atoms with van der Waals surface area (Å²) in [5.41, 5.74) is 0. The summed E-state index contributed by atoms with van der Waals surface area (Å²) >= 11 is 0. The molecule has 4 heteroatoms. The van der Waals surface area contributed by atoms with Crippen LogP contribution in [0.25, 0.3) is 0 Å². The van der Waals surface area contributed by atoms with Crippen molar-refractivity contribution in [2.75, 3.05) is 19.6 Å². The molecule has 0 aromatic rings. The van der Waals surface area contributed by atoms with Gasteiger partial charge >= 0.3 is 0 Å². The maximum Gasteiger partial charge on any atom is 0.0854 e. The Hall–Kier alpha value is -0.870. The van der Waals surface area contributed by atoms with Crippen LogP contribution >= 0.6 is 0 Å². The zero-order valence-electron chi connectivity index (χ0n) is 5.99. The number of hydrogen-bond donors (Lipinski definition) is 1. The molecule has 0 aliphatic carbocycles. The van der Waals surface area contributed by atoms with Gasteiger partial charge in [0.2, 0.25) is 0 Å². The van der Waals surface area contributed by atoms with E-state index in [1.54, 1.807) is 0 Å². The summed E-state index contributed by atoms with van der Waals surface area (Å²) in [6.07, 6.45) is 3.76. The first kappa shape index (κ1) is 9.13. The Bertz CT molecular complexity index is 114. The van der Waals surface area contributed by atoms with Crippen molar-refractivity contribution in [2.45, 2.75) is 0 Å².